The van der Waals surface area contributed by atoms with Crippen molar-refractivity contribution in [2.24, 2.45) is 0 Å². The van der Waals surface area contributed by atoms with E-state index < -0.39 is 4.92 Å². The number of aromatic nitrogens is 4. The molecular formula is C21H23N7O4. The monoisotopic (exact) mass is 437 g/mol. The third-order valence-corrected chi connectivity index (χ3v) is 5.28. The van der Waals surface area contributed by atoms with Crippen LogP contribution in [0, 0.1) is 10.1 Å². The van der Waals surface area contributed by atoms with Crippen LogP contribution >= 0.6 is 0 Å². The number of nitro groups is 1. The SMILES string of the molecule is CCOc1ccc(-n2nnnc2CN2CCN(C(=O)c3ccc([N+](=O)[O-])cc3)CC2)cc1. The van der Waals surface area contributed by atoms with Crippen LogP contribution in [0.5, 0.6) is 5.75 Å². The van der Waals surface area contributed by atoms with E-state index in [1.807, 2.05) is 31.2 Å². The molecule has 1 saturated heterocycles. The van der Waals surface area contributed by atoms with E-state index >= 15 is 0 Å². The molecule has 2 heterocycles. The largest absolute Gasteiger partial charge is 0.494 e. The number of ether oxygens (including phenoxy) is 1. The zero-order valence-corrected chi connectivity index (χ0v) is 17.6. The van der Waals surface area contributed by atoms with Crippen molar-refractivity contribution in [3.63, 3.8) is 0 Å². The van der Waals surface area contributed by atoms with Gasteiger partial charge in [0.2, 0.25) is 0 Å². The Morgan fingerprint density at radius 3 is 2.38 bits per heavy atom. The van der Waals surface area contributed by atoms with Crippen molar-refractivity contribution in [3.05, 3.63) is 70.0 Å². The van der Waals surface area contributed by atoms with E-state index in [2.05, 4.69) is 20.4 Å². The molecule has 1 fully saturated rings. The lowest BCUT2D eigenvalue weighted by Gasteiger charge is -2.34. The molecular weight excluding hydrogens is 414 g/mol. The average Bonchev–Trinajstić information content (AvgIpc) is 3.28. The van der Waals surface area contributed by atoms with Crippen LogP contribution in [0.3, 0.4) is 0 Å². The van der Waals surface area contributed by atoms with E-state index in [0.29, 0.717) is 50.7 Å². The molecule has 1 aromatic heterocycles. The Labute approximate surface area is 184 Å². The van der Waals surface area contributed by atoms with Gasteiger partial charge in [-0.05, 0) is 53.7 Å². The molecule has 166 valence electrons. The van der Waals surface area contributed by atoms with Crippen molar-refractivity contribution in [1.29, 1.82) is 0 Å². The molecule has 0 radical (unpaired) electrons. The van der Waals surface area contributed by atoms with Crippen LogP contribution in [0.4, 0.5) is 5.69 Å². The highest BCUT2D eigenvalue weighted by Gasteiger charge is 2.24. The van der Waals surface area contributed by atoms with Crippen LogP contribution in [0.1, 0.15) is 23.1 Å². The molecule has 0 unspecified atom stereocenters. The van der Waals surface area contributed by atoms with E-state index in [1.54, 1.807) is 9.58 Å². The molecule has 1 aliphatic heterocycles. The molecule has 0 atom stereocenters. The summed E-state index contributed by atoms with van der Waals surface area (Å²) in [4.78, 5) is 27.0. The Kier molecular flexibility index (Phi) is 6.36. The zero-order chi connectivity index (χ0) is 22.5. The number of amides is 1. The number of carbonyl (C=O) groups is 1. The van der Waals surface area contributed by atoms with E-state index in [9.17, 15) is 14.9 Å². The summed E-state index contributed by atoms with van der Waals surface area (Å²) in [5, 5.41) is 22.9. The highest BCUT2D eigenvalue weighted by Crippen LogP contribution is 2.18. The molecule has 0 N–H and O–H groups in total. The molecule has 0 saturated carbocycles. The van der Waals surface area contributed by atoms with Crippen LogP contribution in [0.2, 0.25) is 0 Å². The number of rotatable bonds is 7. The summed E-state index contributed by atoms with van der Waals surface area (Å²) in [7, 11) is 0. The lowest BCUT2D eigenvalue weighted by molar-refractivity contribution is -0.384. The van der Waals surface area contributed by atoms with Gasteiger partial charge in [0, 0.05) is 43.9 Å². The maximum Gasteiger partial charge on any atom is 0.269 e. The molecule has 11 heteroatoms. The highest BCUT2D eigenvalue weighted by atomic mass is 16.6. The molecule has 4 rings (SSSR count). The minimum Gasteiger partial charge on any atom is -0.494 e. The van der Waals surface area contributed by atoms with Gasteiger partial charge in [0.05, 0.1) is 23.8 Å². The van der Waals surface area contributed by atoms with Crippen LogP contribution < -0.4 is 4.74 Å². The third-order valence-electron chi connectivity index (χ3n) is 5.28. The minimum atomic E-state index is -0.478. The molecule has 0 bridgehead atoms. The summed E-state index contributed by atoms with van der Waals surface area (Å²) in [6.07, 6.45) is 0. The standard InChI is InChI=1S/C21H23N7O4/c1-2-32-19-9-7-17(8-10-19)27-20(22-23-24-27)15-25-11-13-26(14-12-25)21(29)16-3-5-18(6-4-16)28(30)31/h3-10H,2,11-15H2,1H3. The lowest BCUT2D eigenvalue weighted by atomic mass is 10.1. The maximum absolute atomic E-state index is 12.7. The molecule has 11 nitrogen and oxygen atoms in total. The van der Waals surface area contributed by atoms with Gasteiger partial charge in [-0.25, -0.2) is 0 Å². The normalized spacial score (nSPS) is 14.3. The van der Waals surface area contributed by atoms with Crippen molar-refractivity contribution < 1.29 is 14.5 Å². The fourth-order valence-electron chi connectivity index (χ4n) is 3.57. The van der Waals surface area contributed by atoms with Crippen LogP contribution in [0.15, 0.2) is 48.5 Å². The second kappa shape index (κ2) is 9.52. The Morgan fingerprint density at radius 2 is 1.75 bits per heavy atom. The Morgan fingerprint density at radius 1 is 1.06 bits per heavy atom. The number of nitrogens with zero attached hydrogens (tertiary/aromatic N) is 7. The van der Waals surface area contributed by atoms with Gasteiger partial charge >= 0.3 is 0 Å². The smallest absolute Gasteiger partial charge is 0.269 e. The quantitative estimate of drug-likeness (QED) is 0.406. The first kappa shape index (κ1) is 21.4. The summed E-state index contributed by atoms with van der Waals surface area (Å²) in [5.41, 5.74) is 1.26. The topological polar surface area (TPSA) is 120 Å². The van der Waals surface area contributed by atoms with Crippen molar-refractivity contribution in [2.75, 3.05) is 32.8 Å². The first-order valence-corrected chi connectivity index (χ1v) is 10.3. The zero-order valence-electron chi connectivity index (χ0n) is 17.6. The van der Waals surface area contributed by atoms with Gasteiger partial charge in [0.15, 0.2) is 5.82 Å². The van der Waals surface area contributed by atoms with Gasteiger partial charge in [0.25, 0.3) is 11.6 Å². The molecule has 32 heavy (non-hydrogen) atoms. The highest BCUT2D eigenvalue weighted by molar-refractivity contribution is 5.94. The third kappa shape index (κ3) is 4.72. The number of carbonyl (C=O) groups excluding carboxylic acids is 1. The fourth-order valence-corrected chi connectivity index (χ4v) is 3.57. The van der Waals surface area contributed by atoms with Gasteiger partial charge in [-0.1, -0.05) is 0 Å². The van der Waals surface area contributed by atoms with E-state index in [1.165, 1.54) is 24.3 Å². The molecule has 2 aromatic carbocycles. The summed E-state index contributed by atoms with van der Waals surface area (Å²) >= 11 is 0. The number of tetrazole rings is 1. The minimum absolute atomic E-state index is 0.0309. The number of hydrogen-bond acceptors (Lipinski definition) is 8. The molecule has 0 aliphatic carbocycles. The number of benzene rings is 2. The van der Waals surface area contributed by atoms with E-state index in [4.69, 9.17) is 4.74 Å². The molecule has 0 spiro atoms. The second-order valence-electron chi connectivity index (χ2n) is 7.31. The Hall–Kier alpha value is -3.86. The first-order chi connectivity index (χ1) is 15.5. The van der Waals surface area contributed by atoms with Crippen molar-refractivity contribution in [1.82, 2.24) is 30.0 Å². The van der Waals surface area contributed by atoms with Gasteiger partial charge in [-0.15, -0.1) is 5.10 Å². The summed E-state index contributed by atoms with van der Waals surface area (Å²) in [5.74, 6) is 1.38. The predicted octanol–water partition coefficient (Wildman–Crippen LogP) is 1.93. The van der Waals surface area contributed by atoms with Crippen LogP contribution in [-0.4, -0.2) is 73.6 Å². The average molecular weight is 437 g/mol. The Balaban J connectivity index is 1.35. The number of non-ortho nitro benzene ring substituents is 1. The number of hydrogen-bond donors (Lipinski definition) is 0. The summed E-state index contributed by atoms with van der Waals surface area (Å²) in [6, 6.07) is 13.3. The van der Waals surface area contributed by atoms with Crippen LogP contribution in [-0.2, 0) is 6.54 Å². The van der Waals surface area contributed by atoms with Gasteiger partial charge in [0.1, 0.15) is 5.75 Å². The van der Waals surface area contributed by atoms with Gasteiger partial charge in [-0.3, -0.25) is 19.8 Å². The predicted molar refractivity (Wildman–Crippen MR) is 115 cm³/mol. The molecule has 1 amide bonds. The molecule has 3 aromatic rings. The number of nitro benzene ring substituents is 1. The second-order valence-corrected chi connectivity index (χ2v) is 7.31. The van der Waals surface area contributed by atoms with Gasteiger partial charge in [-0.2, -0.15) is 4.68 Å². The lowest BCUT2D eigenvalue weighted by Crippen LogP contribution is -2.48. The fraction of sp³-hybridized carbons (Fsp3) is 0.333. The van der Waals surface area contributed by atoms with Gasteiger partial charge < -0.3 is 9.64 Å². The maximum atomic E-state index is 12.7. The first-order valence-electron chi connectivity index (χ1n) is 10.3. The van der Waals surface area contributed by atoms with Crippen molar-refractivity contribution in [3.8, 4) is 11.4 Å². The number of piperazine rings is 1. The van der Waals surface area contributed by atoms with Crippen molar-refractivity contribution in [2.45, 2.75) is 13.5 Å². The summed E-state index contributed by atoms with van der Waals surface area (Å²) in [6.45, 7) is 5.56. The van der Waals surface area contributed by atoms with E-state index in [-0.39, 0.29) is 11.6 Å². The van der Waals surface area contributed by atoms with Crippen molar-refractivity contribution >= 4 is 11.6 Å². The molecule has 1 aliphatic rings. The Bertz CT molecular complexity index is 1070. The van der Waals surface area contributed by atoms with Crippen LogP contribution in [0.25, 0.3) is 5.69 Å². The summed E-state index contributed by atoms with van der Waals surface area (Å²) < 4.78 is 7.17. The van der Waals surface area contributed by atoms with E-state index in [0.717, 1.165) is 11.4 Å².